The van der Waals surface area contributed by atoms with Gasteiger partial charge in [-0.05, 0) is 12.5 Å². The highest BCUT2D eigenvalue weighted by molar-refractivity contribution is 5.81. The van der Waals surface area contributed by atoms with Gasteiger partial charge in [-0.2, -0.15) is 5.10 Å². The molecule has 1 heterocycles. The lowest BCUT2D eigenvalue weighted by molar-refractivity contribution is 0.561. The highest BCUT2D eigenvalue weighted by atomic mass is 15.3. The van der Waals surface area contributed by atoms with E-state index in [2.05, 4.69) is 55.0 Å². The normalized spacial score (nSPS) is 11.5. The fourth-order valence-electron chi connectivity index (χ4n) is 2.01. The van der Waals surface area contributed by atoms with Crippen molar-refractivity contribution in [2.75, 3.05) is 0 Å². The van der Waals surface area contributed by atoms with E-state index >= 15 is 0 Å². The van der Waals surface area contributed by atoms with Crippen LogP contribution in [0.2, 0.25) is 0 Å². The monoisotopic (exact) mass is 231 g/mol. The van der Waals surface area contributed by atoms with E-state index < -0.39 is 0 Å². The van der Waals surface area contributed by atoms with Crippen LogP contribution in [0.5, 0.6) is 0 Å². The minimum Gasteiger partial charge on any atom is -0.309 e. The molecule has 17 heavy (non-hydrogen) atoms. The Labute approximate surface area is 103 Å². The molecule has 0 saturated carbocycles. The van der Waals surface area contributed by atoms with E-state index in [0.717, 1.165) is 25.2 Å². The van der Waals surface area contributed by atoms with E-state index in [9.17, 15) is 0 Å². The Morgan fingerprint density at radius 2 is 2.06 bits per heavy atom. The van der Waals surface area contributed by atoms with Crippen molar-refractivity contribution in [3.05, 3.63) is 30.0 Å². The van der Waals surface area contributed by atoms with Crippen LogP contribution in [0.3, 0.4) is 0 Å². The zero-order valence-corrected chi connectivity index (χ0v) is 10.9. The topological polar surface area (TPSA) is 29.9 Å². The first kappa shape index (κ1) is 12.1. The molecular formula is C14H21N3. The second-order valence-corrected chi connectivity index (χ2v) is 4.72. The number of para-hydroxylation sites is 1. The highest BCUT2D eigenvalue weighted by Crippen LogP contribution is 2.18. The van der Waals surface area contributed by atoms with Crippen molar-refractivity contribution in [2.45, 2.75) is 46.3 Å². The lowest BCUT2D eigenvalue weighted by atomic mass is 10.2. The zero-order chi connectivity index (χ0) is 12.3. The molecule has 0 spiro atoms. The van der Waals surface area contributed by atoms with Crippen molar-refractivity contribution in [2.24, 2.45) is 0 Å². The molecule has 2 aromatic rings. The van der Waals surface area contributed by atoms with Gasteiger partial charge in [0.1, 0.15) is 0 Å². The van der Waals surface area contributed by atoms with Crippen LogP contribution in [0.4, 0.5) is 0 Å². The van der Waals surface area contributed by atoms with Gasteiger partial charge in [0, 0.05) is 24.5 Å². The number of aryl methyl sites for hydroxylation is 1. The Balaban J connectivity index is 2.34. The molecule has 1 aromatic heterocycles. The number of rotatable bonds is 5. The smallest absolute Gasteiger partial charge is 0.0841 e. The Morgan fingerprint density at radius 1 is 1.29 bits per heavy atom. The van der Waals surface area contributed by atoms with Crippen LogP contribution in [-0.4, -0.2) is 15.8 Å². The molecule has 1 aromatic carbocycles. The largest absolute Gasteiger partial charge is 0.309 e. The first-order valence-electron chi connectivity index (χ1n) is 6.40. The minimum atomic E-state index is 0.491. The minimum absolute atomic E-state index is 0.491. The van der Waals surface area contributed by atoms with Crippen molar-refractivity contribution < 1.29 is 0 Å². The molecular weight excluding hydrogens is 210 g/mol. The lowest BCUT2D eigenvalue weighted by Gasteiger charge is -2.05. The molecule has 2 rings (SSSR count). The van der Waals surface area contributed by atoms with Gasteiger partial charge in [-0.15, -0.1) is 0 Å². The van der Waals surface area contributed by atoms with E-state index in [1.807, 2.05) is 0 Å². The average molecular weight is 231 g/mol. The first-order valence-corrected chi connectivity index (χ1v) is 6.40. The Kier molecular flexibility index (Phi) is 3.79. The van der Waals surface area contributed by atoms with Crippen molar-refractivity contribution in [1.82, 2.24) is 15.1 Å². The maximum absolute atomic E-state index is 4.71. The summed E-state index contributed by atoms with van der Waals surface area (Å²) in [5.41, 5.74) is 2.40. The number of hydrogen-bond acceptors (Lipinski definition) is 2. The van der Waals surface area contributed by atoms with E-state index in [-0.39, 0.29) is 0 Å². The third-order valence-electron chi connectivity index (χ3n) is 2.85. The average Bonchev–Trinajstić information content (AvgIpc) is 2.66. The van der Waals surface area contributed by atoms with E-state index in [1.54, 1.807) is 0 Å². The quantitative estimate of drug-likeness (QED) is 0.857. The van der Waals surface area contributed by atoms with Gasteiger partial charge >= 0.3 is 0 Å². The van der Waals surface area contributed by atoms with Crippen LogP contribution in [0, 0.1) is 0 Å². The molecule has 0 aliphatic heterocycles. The summed E-state index contributed by atoms with van der Waals surface area (Å²) in [6.07, 6.45) is 1.11. The summed E-state index contributed by atoms with van der Waals surface area (Å²) in [4.78, 5) is 0. The summed E-state index contributed by atoms with van der Waals surface area (Å²) in [5, 5.41) is 9.41. The Bertz CT molecular complexity index is 485. The number of nitrogens with one attached hydrogen (secondary N) is 1. The van der Waals surface area contributed by atoms with Crippen molar-refractivity contribution in [3.63, 3.8) is 0 Å². The van der Waals surface area contributed by atoms with Gasteiger partial charge in [0.15, 0.2) is 0 Å². The van der Waals surface area contributed by atoms with Gasteiger partial charge in [-0.3, -0.25) is 4.68 Å². The summed E-state index contributed by atoms with van der Waals surface area (Å²) in [6, 6.07) is 8.96. The maximum atomic E-state index is 4.71. The van der Waals surface area contributed by atoms with Crippen LogP contribution >= 0.6 is 0 Å². The van der Waals surface area contributed by atoms with Crippen molar-refractivity contribution >= 4 is 10.9 Å². The fraction of sp³-hybridized carbons (Fsp3) is 0.500. The van der Waals surface area contributed by atoms with Gasteiger partial charge in [-0.1, -0.05) is 39.0 Å². The third-order valence-corrected chi connectivity index (χ3v) is 2.85. The van der Waals surface area contributed by atoms with Gasteiger partial charge in [0.05, 0.1) is 11.2 Å². The maximum Gasteiger partial charge on any atom is 0.0841 e. The summed E-state index contributed by atoms with van der Waals surface area (Å²) in [6.45, 7) is 8.33. The Hall–Kier alpha value is -1.35. The van der Waals surface area contributed by atoms with Crippen LogP contribution in [0.1, 0.15) is 32.9 Å². The van der Waals surface area contributed by atoms with Crippen LogP contribution in [-0.2, 0) is 13.1 Å². The van der Waals surface area contributed by atoms with E-state index in [4.69, 9.17) is 5.10 Å². The Morgan fingerprint density at radius 3 is 2.76 bits per heavy atom. The molecule has 1 N–H and O–H groups in total. The lowest BCUT2D eigenvalue weighted by Crippen LogP contribution is -2.22. The molecule has 0 bridgehead atoms. The van der Waals surface area contributed by atoms with Gasteiger partial charge in [0.25, 0.3) is 0 Å². The second kappa shape index (κ2) is 5.32. The summed E-state index contributed by atoms with van der Waals surface area (Å²) >= 11 is 0. The predicted molar refractivity (Wildman–Crippen MR) is 72.0 cm³/mol. The second-order valence-electron chi connectivity index (χ2n) is 4.72. The van der Waals surface area contributed by atoms with E-state index in [1.165, 1.54) is 10.9 Å². The molecule has 3 heteroatoms. The van der Waals surface area contributed by atoms with Gasteiger partial charge in [0.2, 0.25) is 0 Å². The van der Waals surface area contributed by atoms with Crippen LogP contribution < -0.4 is 5.32 Å². The van der Waals surface area contributed by atoms with Crippen molar-refractivity contribution in [1.29, 1.82) is 0 Å². The first-order chi connectivity index (χ1) is 8.22. The third kappa shape index (κ3) is 2.67. The number of benzene rings is 1. The number of fused-ring (bicyclic) bond motifs is 1. The molecule has 0 aliphatic rings. The fourth-order valence-corrected chi connectivity index (χ4v) is 2.01. The SMILES string of the molecule is CCCn1nc(CNC(C)C)c2ccccc21. The number of aromatic nitrogens is 2. The highest BCUT2D eigenvalue weighted by Gasteiger charge is 2.09. The molecule has 0 fully saturated rings. The van der Waals surface area contributed by atoms with Gasteiger partial charge in [-0.25, -0.2) is 0 Å². The molecule has 92 valence electrons. The predicted octanol–water partition coefficient (Wildman–Crippen LogP) is 2.94. The zero-order valence-electron chi connectivity index (χ0n) is 10.9. The summed E-state index contributed by atoms with van der Waals surface area (Å²) < 4.78 is 2.12. The van der Waals surface area contributed by atoms with Crippen LogP contribution in [0.15, 0.2) is 24.3 Å². The van der Waals surface area contributed by atoms with Crippen molar-refractivity contribution in [3.8, 4) is 0 Å². The standard InChI is InChI=1S/C14H21N3/c1-4-9-17-14-8-6-5-7-12(14)13(16-17)10-15-11(2)3/h5-8,11,15H,4,9-10H2,1-3H3. The molecule has 0 radical (unpaired) electrons. The molecule has 0 saturated heterocycles. The molecule has 0 atom stereocenters. The summed E-state index contributed by atoms with van der Waals surface area (Å²) in [7, 11) is 0. The molecule has 0 unspecified atom stereocenters. The molecule has 3 nitrogen and oxygen atoms in total. The van der Waals surface area contributed by atoms with Gasteiger partial charge < -0.3 is 5.32 Å². The number of nitrogens with zero attached hydrogens (tertiary/aromatic N) is 2. The van der Waals surface area contributed by atoms with Crippen LogP contribution in [0.25, 0.3) is 10.9 Å². The molecule has 0 aliphatic carbocycles. The van der Waals surface area contributed by atoms with E-state index in [0.29, 0.717) is 6.04 Å². The number of hydrogen-bond donors (Lipinski definition) is 1. The molecule has 0 amide bonds. The summed E-state index contributed by atoms with van der Waals surface area (Å²) in [5.74, 6) is 0.